The second kappa shape index (κ2) is 4.07. The van der Waals surface area contributed by atoms with Gasteiger partial charge in [0, 0.05) is 10.5 Å². The third-order valence-corrected chi connectivity index (χ3v) is 3.38. The predicted molar refractivity (Wildman–Crippen MR) is 72.3 cm³/mol. The fraction of sp³-hybridized carbons (Fsp3) is 0. The molecule has 0 aromatic heterocycles. The van der Waals surface area contributed by atoms with Gasteiger partial charge < -0.3 is 5.21 Å². The molecule has 0 spiro atoms. The molecule has 1 heterocycles. The molecule has 0 aliphatic carbocycles. The molecule has 0 saturated carbocycles. The third kappa shape index (κ3) is 1.57. The molecule has 3 rings (SSSR count). The van der Waals surface area contributed by atoms with E-state index in [1.807, 2.05) is 6.07 Å². The molecule has 0 N–H and O–H groups in total. The van der Waals surface area contributed by atoms with Crippen LogP contribution in [-0.4, -0.2) is 16.2 Å². The van der Waals surface area contributed by atoms with Crippen LogP contribution in [0.1, 0.15) is 15.9 Å². The summed E-state index contributed by atoms with van der Waals surface area (Å²) in [6.07, 6.45) is 0. The van der Waals surface area contributed by atoms with Gasteiger partial charge in [-0.15, -0.1) is 0 Å². The van der Waals surface area contributed by atoms with E-state index in [1.165, 1.54) is 0 Å². The van der Waals surface area contributed by atoms with Crippen LogP contribution in [0.4, 0.5) is 5.69 Å². The van der Waals surface area contributed by atoms with Gasteiger partial charge in [0.1, 0.15) is 5.56 Å². The van der Waals surface area contributed by atoms with Gasteiger partial charge in [-0.1, -0.05) is 34.1 Å². The van der Waals surface area contributed by atoms with Crippen LogP contribution in [-0.2, 0) is 0 Å². The number of carbonyl (C=O) groups excluding carboxylic acids is 1. The fourth-order valence-electron chi connectivity index (χ4n) is 2.07. The van der Waals surface area contributed by atoms with E-state index < -0.39 is 0 Å². The van der Waals surface area contributed by atoms with Crippen molar-refractivity contribution in [2.45, 2.75) is 0 Å². The second-order valence-electron chi connectivity index (χ2n) is 4.00. The average molecular weight is 302 g/mol. The van der Waals surface area contributed by atoms with E-state index in [2.05, 4.69) is 15.9 Å². The summed E-state index contributed by atoms with van der Waals surface area (Å²) in [7, 11) is 0. The minimum atomic E-state index is -0.223. The number of Topliss-reactive ketones (excluding diaryl/α,β-unsaturated/α-hetero) is 1. The SMILES string of the molecule is O=C1C(c2cccc(Br)c2)=[N+]([O-])c2ccccc21. The van der Waals surface area contributed by atoms with Gasteiger partial charge in [0.05, 0.1) is 5.56 Å². The van der Waals surface area contributed by atoms with Gasteiger partial charge in [-0.05, 0) is 24.3 Å². The van der Waals surface area contributed by atoms with E-state index in [1.54, 1.807) is 42.5 Å². The molecule has 0 atom stereocenters. The molecule has 1 aliphatic rings. The number of ketones is 1. The van der Waals surface area contributed by atoms with Gasteiger partial charge in [0.25, 0.3) is 11.5 Å². The lowest BCUT2D eigenvalue weighted by Crippen LogP contribution is -2.16. The van der Waals surface area contributed by atoms with Crippen LogP contribution in [0.2, 0.25) is 0 Å². The molecule has 3 nitrogen and oxygen atoms in total. The zero-order chi connectivity index (χ0) is 12.7. The molecule has 0 unspecified atom stereocenters. The Labute approximate surface area is 112 Å². The van der Waals surface area contributed by atoms with E-state index in [4.69, 9.17) is 0 Å². The van der Waals surface area contributed by atoms with Gasteiger partial charge in [0.2, 0.25) is 5.69 Å². The Morgan fingerprint density at radius 1 is 1.06 bits per heavy atom. The van der Waals surface area contributed by atoms with E-state index >= 15 is 0 Å². The van der Waals surface area contributed by atoms with Crippen molar-refractivity contribution in [1.82, 2.24) is 0 Å². The molecule has 18 heavy (non-hydrogen) atoms. The van der Waals surface area contributed by atoms with E-state index in [0.717, 1.165) is 4.47 Å². The monoisotopic (exact) mass is 301 g/mol. The van der Waals surface area contributed by atoms with Crippen molar-refractivity contribution in [3.63, 3.8) is 0 Å². The summed E-state index contributed by atoms with van der Waals surface area (Å²) in [5.74, 6) is -0.223. The highest BCUT2D eigenvalue weighted by molar-refractivity contribution is 9.10. The van der Waals surface area contributed by atoms with E-state index in [-0.39, 0.29) is 11.5 Å². The van der Waals surface area contributed by atoms with Crippen LogP contribution in [0.25, 0.3) is 0 Å². The number of benzene rings is 2. The van der Waals surface area contributed by atoms with Crippen molar-refractivity contribution < 1.29 is 9.53 Å². The minimum absolute atomic E-state index is 0.178. The number of nitrogens with zero attached hydrogens (tertiary/aromatic N) is 1. The van der Waals surface area contributed by atoms with Crippen molar-refractivity contribution in [2.24, 2.45) is 0 Å². The minimum Gasteiger partial charge on any atom is -0.618 e. The normalized spacial score (nSPS) is 13.9. The first-order chi connectivity index (χ1) is 8.68. The topological polar surface area (TPSA) is 43.1 Å². The Hall–Kier alpha value is -1.94. The van der Waals surface area contributed by atoms with Crippen molar-refractivity contribution in [3.8, 4) is 0 Å². The van der Waals surface area contributed by atoms with Crippen LogP contribution in [0.3, 0.4) is 0 Å². The van der Waals surface area contributed by atoms with Crippen LogP contribution >= 0.6 is 15.9 Å². The molecule has 0 saturated heterocycles. The molecule has 2 aromatic carbocycles. The summed E-state index contributed by atoms with van der Waals surface area (Å²) in [6, 6.07) is 14.0. The Balaban J connectivity index is 2.21. The summed E-state index contributed by atoms with van der Waals surface area (Å²) in [5, 5.41) is 12.2. The first-order valence-electron chi connectivity index (χ1n) is 5.42. The molecule has 0 amide bonds. The summed E-state index contributed by atoms with van der Waals surface area (Å²) in [5.41, 5.74) is 1.68. The molecular formula is C14H8BrNO2. The highest BCUT2D eigenvalue weighted by Crippen LogP contribution is 2.28. The van der Waals surface area contributed by atoms with Crippen molar-refractivity contribution >= 4 is 33.1 Å². The zero-order valence-corrected chi connectivity index (χ0v) is 10.8. The molecular weight excluding hydrogens is 294 g/mol. The molecule has 0 fully saturated rings. The van der Waals surface area contributed by atoms with Crippen molar-refractivity contribution in [1.29, 1.82) is 0 Å². The summed E-state index contributed by atoms with van der Waals surface area (Å²) in [4.78, 5) is 12.2. The fourth-order valence-corrected chi connectivity index (χ4v) is 2.47. The Morgan fingerprint density at radius 2 is 1.83 bits per heavy atom. The highest BCUT2D eigenvalue weighted by atomic mass is 79.9. The lowest BCUT2D eigenvalue weighted by atomic mass is 10.0. The van der Waals surface area contributed by atoms with Crippen LogP contribution in [0.5, 0.6) is 0 Å². The maximum absolute atomic E-state index is 12.2. The lowest BCUT2D eigenvalue weighted by Gasteiger charge is -2.02. The number of para-hydroxylation sites is 1. The van der Waals surface area contributed by atoms with Crippen molar-refractivity contribution in [3.05, 3.63) is 69.3 Å². The molecule has 0 bridgehead atoms. The van der Waals surface area contributed by atoms with Gasteiger partial charge in [-0.3, -0.25) is 4.79 Å². The Kier molecular flexibility index (Phi) is 2.52. The lowest BCUT2D eigenvalue weighted by molar-refractivity contribution is -0.355. The molecule has 0 radical (unpaired) electrons. The second-order valence-corrected chi connectivity index (χ2v) is 4.92. The number of hydrogen-bond donors (Lipinski definition) is 0. The molecule has 1 aliphatic heterocycles. The number of rotatable bonds is 1. The van der Waals surface area contributed by atoms with Gasteiger partial charge in [-0.2, -0.15) is 4.74 Å². The van der Waals surface area contributed by atoms with Gasteiger partial charge in [0.15, 0.2) is 0 Å². The van der Waals surface area contributed by atoms with Crippen LogP contribution < -0.4 is 0 Å². The summed E-state index contributed by atoms with van der Waals surface area (Å²) >= 11 is 3.34. The first-order valence-corrected chi connectivity index (χ1v) is 6.21. The first kappa shape index (κ1) is 11.2. The number of hydrogen-bond acceptors (Lipinski definition) is 2. The highest BCUT2D eigenvalue weighted by Gasteiger charge is 2.36. The summed E-state index contributed by atoms with van der Waals surface area (Å²) < 4.78 is 1.55. The maximum Gasteiger partial charge on any atom is 0.272 e. The molecule has 4 heteroatoms. The quantitative estimate of drug-likeness (QED) is 0.599. The molecule has 88 valence electrons. The van der Waals surface area contributed by atoms with Gasteiger partial charge >= 0.3 is 0 Å². The third-order valence-electron chi connectivity index (χ3n) is 2.88. The standard InChI is InChI=1S/C14H8BrNO2/c15-10-5-3-4-9(8-10)13-14(17)11-6-1-2-7-12(11)16(13)18/h1-8H. The number of halogens is 1. The van der Waals surface area contributed by atoms with E-state index in [0.29, 0.717) is 21.6 Å². The molecule has 2 aromatic rings. The van der Waals surface area contributed by atoms with Crippen LogP contribution in [0, 0.1) is 5.21 Å². The van der Waals surface area contributed by atoms with Crippen LogP contribution in [0.15, 0.2) is 53.0 Å². The predicted octanol–water partition coefficient (Wildman–Crippen LogP) is 3.28. The summed E-state index contributed by atoms with van der Waals surface area (Å²) in [6.45, 7) is 0. The Morgan fingerprint density at radius 3 is 2.56 bits per heavy atom. The van der Waals surface area contributed by atoms with Crippen molar-refractivity contribution in [2.75, 3.05) is 0 Å². The van der Waals surface area contributed by atoms with E-state index in [9.17, 15) is 10.0 Å². The number of fused-ring (bicyclic) bond motifs is 1. The Bertz CT molecular complexity index is 692. The average Bonchev–Trinajstić information content (AvgIpc) is 2.63. The largest absolute Gasteiger partial charge is 0.618 e. The van der Waals surface area contributed by atoms with Gasteiger partial charge in [-0.25, -0.2) is 0 Å². The number of carbonyl (C=O) groups is 1. The zero-order valence-electron chi connectivity index (χ0n) is 9.26. The smallest absolute Gasteiger partial charge is 0.272 e. The maximum atomic E-state index is 12.2.